The molecular weight excluding hydrogens is 164 g/mol. The first-order chi connectivity index (χ1) is 6.20. The van der Waals surface area contributed by atoms with E-state index in [4.69, 9.17) is 9.47 Å². The van der Waals surface area contributed by atoms with Crippen LogP contribution in [0.2, 0.25) is 0 Å². The number of hydrogen-bond donors (Lipinski definition) is 0. The van der Waals surface area contributed by atoms with E-state index in [0.29, 0.717) is 5.41 Å². The zero-order chi connectivity index (χ0) is 9.73. The van der Waals surface area contributed by atoms with Crippen LogP contribution in [0.1, 0.15) is 32.6 Å². The minimum Gasteiger partial charge on any atom is -0.504 e. The van der Waals surface area contributed by atoms with Crippen LogP contribution >= 0.6 is 0 Å². The fourth-order valence-electron chi connectivity index (χ4n) is 1.85. The largest absolute Gasteiger partial charge is 0.504 e. The van der Waals surface area contributed by atoms with Crippen molar-refractivity contribution in [2.75, 3.05) is 13.7 Å². The highest BCUT2D eigenvalue weighted by atomic mass is 16.5. The Labute approximate surface area is 80.9 Å². The average molecular weight is 183 g/mol. The van der Waals surface area contributed by atoms with Crippen LogP contribution in [0.3, 0.4) is 0 Å². The standard InChI is InChI=1S/C11H19O2/c1-11(9-13-3)6-4-10(5-7-11)8-12-2/h8H,3-7,9H2,1-2H3. The lowest BCUT2D eigenvalue weighted by Crippen LogP contribution is -2.25. The second-order valence-electron chi connectivity index (χ2n) is 4.17. The van der Waals surface area contributed by atoms with Gasteiger partial charge >= 0.3 is 0 Å². The molecule has 0 bridgehead atoms. The lowest BCUT2D eigenvalue weighted by Gasteiger charge is -2.33. The Balaban J connectivity index is 2.41. The summed E-state index contributed by atoms with van der Waals surface area (Å²) in [7, 11) is 5.15. The van der Waals surface area contributed by atoms with Crippen molar-refractivity contribution in [3.8, 4) is 0 Å². The molecule has 0 heterocycles. The molecule has 13 heavy (non-hydrogen) atoms. The molecule has 1 fully saturated rings. The molecule has 75 valence electrons. The van der Waals surface area contributed by atoms with Crippen molar-refractivity contribution in [2.24, 2.45) is 5.41 Å². The van der Waals surface area contributed by atoms with Gasteiger partial charge < -0.3 is 9.47 Å². The number of hydrogen-bond acceptors (Lipinski definition) is 2. The summed E-state index contributed by atoms with van der Waals surface area (Å²) in [6.07, 6.45) is 6.50. The molecule has 0 aliphatic heterocycles. The van der Waals surface area contributed by atoms with Crippen molar-refractivity contribution in [2.45, 2.75) is 32.6 Å². The van der Waals surface area contributed by atoms with Crippen LogP contribution in [0.25, 0.3) is 0 Å². The average Bonchev–Trinajstić information content (AvgIpc) is 2.10. The third-order valence-corrected chi connectivity index (χ3v) is 2.83. The second kappa shape index (κ2) is 4.66. The molecule has 1 saturated carbocycles. The summed E-state index contributed by atoms with van der Waals surface area (Å²) >= 11 is 0. The van der Waals surface area contributed by atoms with Crippen molar-refractivity contribution in [1.29, 1.82) is 0 Å². The lowest BCUT2D eigenvalue weighted by molar-refractivity contribution is 0.0923. The van der Waals surface area contributed by atoms with E-state index in [0.717, 1.165) is 19.4 Å². The zero-order valence-corrected chi connectivity index (χ0v) is 8.64. The van der Waals surface area contributed by atoms with Crippen LogP contribution < -0.4 is 0 Å². The quantitative estimate of drug-likeness (QED) is 0.626. The molecule has 0 spiro atoms. The molecule has 1 aliphatic rings. The maximum absolute atomic E-state index is 5.00. The fourth-order valence-corrected chi connectivity index (χ4v) is 1.85. The molecule has 0 aromatic carbocycles. The van der Waals surface area contributed by atoms with Gasteiger partial charge in [-0.3, -0.25) is 0 Å². The number of ether oxygens (including phenoxy) is 2. The van der Waals surface area contributed by atoms with Gasteiger partial charge in [-0.25, -0.2) is 0 Å². The Morgan fingerprint density at radius 1 is 1.46 bits per heavy atom. The van der Waals surface area contributed by atoms with Crippen LogP contribution in [0, 0.1) is 12.5 Å². The molecule has 0 saturated heterocycles. The molecule has 0 aromatic heterocycles. The van der Waals surface area contributed by atoms with Crippen molar-refractivity contribution >= 4 is 0 Å². The van der Waals surface area contributed by atoms with E-state index < -0.39 is 0 Å². The van der Waals surface area contributed by atoms with E-state index >= 15 is 0 Å². The van der Waals surface area contributed by atoms with Crippen LogP contribution in [0.5, 0.6) is 0 Å². The third-order valence-electron chi connectivity index (χ3n) is 2.83. The molecule has 0 N–H and O–H groups in total. The molecule has 1 rings (SSSR count). The predicted octanol–water partition coefficient (Wildman–Crippen LogP) is 2.91. The Kier molecular flexibility index (Phi) is 3.79. The number of allylic oxidation sites excluding steroid dienone is 1. The molecule has 1 radical (unpaired) electrons. The topological polar surface area (TPSA) is 18.5 Å². The first kappa shape index (κ1) is 10.6. The van der Waals surface area contributed by atoms with Crippen molar-refractivity contribution in [3.63, 3.8) is 0 Å². The van der Waals surface area contributed by atoms with Gasteiger partial charge in [0.2, 0.25) is 0 Å². The Morgan fingerprint density at radius 2 is 2.08 bits per heavy atom. The Bertz CT molecular complexity index is 175. The van der Waals surface area contributed by atoms with Gasteiger partial charge in [-0.05, 0) is 36.7 Å². The minimum absolute atomic E-state index is 0.326. The summed E-state index contributed by atoms with van der Waals surface area (Å²) in [5.41, 5.74) is 1.75. The first-order valence-corrected chi connectivity index (χ1v) is 4.78. The van der Waals surface area contributed by atoms with E-state index in [1.165, 1.54) is 18.4 Å². The zero-order valence-electron chi connectivity index (χ0n) is 8.64. The summed E-state index contributed by atoms with van der Waals surface area (Å²) < 4.78 is 9.98. The molecule has 0 amide bonds. The van der Waals surface area contributed by atoms with Gasteiger partial charge in [0.25, 0.3) is 0 Å². The molecule has 1 aliphatic carbocycles. The Morgan fingerprint density at radius 3 is 2.54 bits per heavy atom. The lowest BCUT2D eigenvalue weighted by atomic mass is 9.75. The van der Waals surface area contributed by atoms with E-state index in [-0.39, 0.29) is 0 Å². The molecule has 2 heteroatoms. The minimum atomic E-state index is 0.326. The van der Waals surface area contributed by atoms with E-state index in [9.17, 15) is 0 Å². The van der Waals surface area contributed by atoms with Gasteiger partial charge in [-0.1, -0.05) is 6.92 Å². The number of methoxy groups -OCH3 is 1. The smallest absolute Gasteiger partial charge is 0.0816 e. The highest BCUT2D eigenvalue weighted by Crippen LogP contribution is 2.38. The van der Waals surface area contributed by atoms with Crippen LogP contribution in [0.4, 0.5) is 0 Å². The fraction of sp³-hybridized carbons (Fsp3) is 0.727. The van der Waals surface area contributed by atoms with Gasteiger partial charge in [0.15, 0.2) is 0 Å². The van der Waals surface area contributed by atoms with E-state index in [1.54, 1.807) is 7.11 Å². The molecule has 0 atom stereocenters. The van der Waals surface area contributed by atoms with Crippen LogP contribution in [-0.4, -0.2) is 13.7 Å². The van der Waals surface area contributed by atoms with Crippen LogP contribution in [-0.2, 0) is 9.47 Å². The molecule has 0 aromatic rings. The summed E-state index contributed by atoms with van der Waals surface area (Å²) in [4.78, 5) is 0. The van der Waals surface area contributed by atoms with Crippen molar-refractivity contribution in [3.05, 3.63) is 18.9 Å². The second-order valence-corrected chi connectivity index (χ2v) is 4.17. The van der Waals surface area contributed by atoms with E-state index in [1.807, 2.05) is 6.26 Å². The summed E-state index contributed by atoms with van der Waals surface area (Å²) in [5.74, 6) is 0. The SMILES string of the molecule is [CH2]OCC1(C)CCC(=COC)CC1. The van der Waals surface area contributed by atoms with Gasteiger partial charge in [0.05, 0.1) is 27.1 Å². The maximum Gasteiger partial charge on any atom is 0.0816 e. The van der Waals surface area contributed by atoms with E-state index in [2.05, 4.69) is 14.0 Å². The summed E-state index contributed by atoms with van der Waals surface area (Å²) in [6, 6.07) is 0. The number of rotatable bonds is 3. The normalized spacial score (nSPS) is 28.7. The molecular formula is C11H19O2. The Hall–Kier alpha value is -0.500. The highest BCUT2D eigenvalue weighted by Gasteiger charge is 2.28. The van der Waals surface area contributed by atoms with Crippen LogP contribution in [0.15, 0.2) is 11.8 Å². The maximum atomic E-state index is 5.00. The first-order valence-electron chi connectivity index (χ1n) is 4.78. The summed E-state index contributed by atoms with van der Waals surface area (Å²) in [5, 5.41) is 0. The van der Waals surface area contributed by atoms with Gasteiger partial charge in [0.1, 0.15) is 0 Å². The predicted molar refractivity (Wildman–Crippen MR) is 53.0 cm³/mol. The highest BCUT2D eigenvalue weighted by molar-refractivity contribution is 5.04. The van der Waals surface area contributed by atoms with Gasteiger partial charge in [-0.2, -0.15) is 0 Å². The van der Waals surface area contributed by atoms with Crippen molar-refractivity contribution in [1.82, 2.24) is 0 Å². The van der Waals surface area contributed by atoms with Gasteiger partial charge in [-0.15, -0.1) is 0 Å². The summed E-state index contributed by atoms with van der Waals surface area (Å²) in [6.45, 7) is 3.04. The van der Waals surface area contributed by atoms with Gasteiger partial charge in [0, 0.05) is 0 Å². The monoisotopic (exact) mass is 183 g/mol. The third kappa shape index (κ3) is 3.03. The van der Waals surface area contributed by atoms with Crippen molar-refractivity contribution < 1.29 is 9.47 Å². The molecule has 2 nitrogen and oxygen atoms in total. The molecule has 0 unspecified atom stereocenters.